The number of benzene rings is 1. The largest absolute Gasteiger partial charge is 1.00 e. The number of rotatable bonds is 3. The molecule has 0 aliphatic rings. The Bertz CT molecular complexity index is 295. The third kappa shape index (κ3) is 4.18. The van der Waals surface area contributed by atoms with E-state index >= 15 is 0 Å². The van der Waals surface area contributed by atoms with E-state index in [9.17, 15) is 0 Å². The van der Waals surface area contributed by atoms with Crippen molar-refractivity contribution in [2.24, 2.45) is 0 Å². The summed E-state index contributed by atoms with van der Waals surface area (Å²) in [7, 11) is -2.37. The Morgan fingerprint density at radius 2 is 1.12 bits per heavy atom. The van der Waals surface area contributed by atoms with Gasteiger partial charge in [0.25, 0.3) is 0 Å². The maximum atomic E-state index is 2.47. The van der Waals surface area contributed by atoms with Gasteiger partial charge in [0, 0.05) is 16.1 Å². The molecule has 1 rings (SSSR count). The number of hydrogen-bond acceptors (Lipinski definition) is 0. The molecule has 84 valence electrons. The minimum atomic E-state index is -1.18. The Morgan fingerprint density at radius 1 is 0.750 bits per heavy atom. The predicted octanol–water partition coefficient (Wildman–Crippen LogP) is 1.37. The molecule has 0 N–H and O–H groups in total. The second-order valence-corrected chi connectivity index (χ2v) is 16.7. The van der Waals surface area contributed by atoms with Crippen LogP contribution in [0.2, 0.25) is 39.3 Å². The van der Waals surface area contributed by atoms with Crippen molar-refractivity contribution in [1.29, 1.82) is 0 Å². The first-order chi connectivity index (χ1) is 6.73. The van der Waals surface area contributed by atoms with Gasteiger partial charge in [0.1, 0.15) is 0 Å². The van der Waals surface area contributed by atoms with E-state index in [-0.39, 0.29) is 18.9 Å². The molecule has 0 aliphatic carbocycles. The van der Waals surface area contributed by atoms with Crippen LogP contribution in [-0.2, 0) is 0 Å². The zero-order valence-corrected chi connectivity index (χ0v) is 13.9. The SMILES string of the molecule is C[Si](C)(C)[C-](c1ccccc1)[Si](C)(C)C.[Li+]. The van der Waals surface area contributed by atoms with E-state index in [1.807, 2.05) is 0 Å². The summed E-state index contributed by atoms with van der Waals surface area (Å²) in [6.45, 7) is 14.8. The van der Waals surface area contributed by atoms with Crippen molar-refractivity contribution < 1.29 is 18.9 Å². The van der Waals surface area contributed by atoms with E-state index in [1.165, 1.54) is 5.56 Å². The third-order valence-electron chi connectivity index (χ3n) is 2.56. The van der Waals surface area contributed by atoms with Crippen LogP contribution in [0.1, 0.15) is 5.56 Å². The maximum absolute atomic E-state index is 2.47. The Balaban J connectivity index is 0.00000225. The fourth-order valence-corrected chi connectivity index (χ4v) is 13.7. The minimum Gasteiger partial charge on any atom is -0.193 e. The van der Waals surface area contributed by atoms with Crippen molar-refractivity contribution in [3.8, 4) is 0 Å². The van der Waals surface area contributed by atoms with Crippen molar-refractivity contribution >= 4 is 16.1 Å². The molecule has 0 spiro atoms. The molecule has 0 radical (unpaired) electrons. The van der Waals surface area contributed by atoms with Gasteiger partial charge in [-0.1, -0.05) is 45.3 Å². The van der Waals surface area contributed by atoms with Gasteiger partial charge in [-0.25, -0.2) is 0 Å². The third-order valence-corrected chi connectivity index (χ3v) is 10.6. The van der Waals surface area contributed by atoms with Gasteiger partial charge in [0.2, 0.25) is 0 Å². The summed E-state index contributed by atoms with van der Waals surface area (Å²) in [5.41, 5.74) is 1.50. The Morgan fingerprint density at radius 3 is 1.44 bits per heavy atom. The van der Waals surface area contributed by atoms with Crippen molar-refractivity contribution in [2.45, 2.75) is 39.3 Å². The standard InChI is InChI=1S/C13H23Si2.Li/c1-14(2,3)13(15(4,5)6)12-10-8-7-9-11-12;/h7-11H,1-6H3;/q-1;+1. The molecule has 0 bridgehead atoms. The van der Waals surface area contributed by atoms with E-state index in [0.717, 1.165) is 0 Å². The van der Waals surface area contributed by atoms with Gasteiger partial charge in [-0.2, -0.15) is 22.9 Å². The first-order valence-electron chi connectivity index (χ1n) is 5.66. The summed E-state index contributed by atoms with van der Waals surface area (Å²) < 4.78 is 0. The molecule has 16 heavy (non-hydrogen) atoms. The van der Waals surface area contributed by atoms with Crippen LogP contribution in [0.3, 0.4) is 0 Å². The van der Waals surface area contributed by atoms with Crippen LogP contribution in [0.25, 0.3) is 0 Å². The van der Waals surface area contributed by atoms with E-state index in [4.69, 9.17) is 0 Å². The summed E-state index contributed by atoms with van der Waals surface area (Å²) in [6.07, 6.45) is 0. The molecule has 0 amide bonds. The molecule has 0 saturated carbocycles. The fraction of sp³-hybridized carbons (Fsp3) is 0.462. The van der Waals surface area contributed by atoms with Gasteiger partial charge in [0.15, 0.2) is 0 Å². The van der Waals surface area contributed by atoms with Crippen LogP contribution in [0.15, 0.2) is 30.3 Å². The Kier molecular flexibility index (Phi) is 5.68. The van der Waals surface area contributed by atoms with Crippen molar-refractivity contribution in [3.05, 3.63) is 41.1 Å². The molecule has 0 saturated heterocycles. The summed E-state index contributed by atoms with van der Waals surface area (Å²) in [5, 5.41) is 1.80. The van der Waals surface area contributed by atoms with Crippen LogP contribution >= 0.6 is 0 Å². The minimum absolute atomic E-state index is 0. The molecule has 3 heteroatoms. The molecule has 0 fully saturated rings. The van der Waals surface area contributed by atoms with Crippen LogP contribution in [-0.4, -0.2) is 16.1 Å². The Hall–Kier alpha value is 0.121. The van der Waals surface area contributed by atoms with Gasteiger partial charge in [-0.05, 0) is 0 Å². The van der Waals surface area contributed by atoms with E-state index < -0.39 is 16.1 Å². The first kappa shape index (κ1) is 16.1. The van der Waals surface area contributed by atoms with Crippen molar-refractivity contribution in [3.63, 3.8) is 0 Å². The molecule has 1 aromatic carbocycles. The quantitative estimate of drug-likeness (QED) is 0.555. The zero-order chi connectivity index (χ0) is 11.7. The van der Waals surface area contributed by atoms with Gasteiger partial charge in [-0.15, -0.1) is 12.1 Å². The topological polar surface area (TPSA) is 0 Å². The molecule has 0 atom stereocenters. The zero-order valence-electron chi connectivity index (χ0n) is 11.9. The summed E-state index contributed by atoms with van der Waals surface area (Å²) in [5.74, 6) is 0. The summed E-state index contributed by atoms with van der Waals surface area (Å²) in [4.78, 5) is 0. The monoisotopic (exact) mass is 242 g/mol. The van der Waals surface area contributed by atoms with Crippen molar-refractivity contribution in [1.82, 2.24) is 0 Å². The average Bonchev–Trinajstić information content (AvgIpc) is 2.00. The van der Waals surface area contributed by atoms with Gasteiger partial charge < -0.3 is 0 Å². The maximum Gasteiger partial charge on any atom is 1.00 e. The average molecular weight is 242 g/mol. The molecule has 0 aromatic heterocycles. The summed E-state index contributed by atoms with van der Waals surface area (Å²) in [6, 6.07) is 11.0. The molecule has 0 heterocycles. The second-order valence-electron chi connectivity index (χ2n) is 6.24. The molecule has 0 unspecified atom stereocenters. The molecule has 0 aliphatic heterocycles. The molecular formula is C13H23LiSi2. The van der Waals surface area contributed by atoms with E-state index in [2.05, 4.69) is 69.6 Å². The molecule has 1 aromatic rings. The van der Waals surface area contributed by atoms with Gasteiger partial charge >= 0.3 is 18.9 Å². The predicted molar refractivity (Wildman–Crippen MR) is 75.5 cm³/mol. The Labute approximate surface area is 115 Å². The molecular weight excluding hydrogens is 219 g/mol. The molecule has 0 nitrogen and oxygen atoms in total. The second kappa shape index (κ2) is 5.64. The smallest absolute Gasteiger partial charge is 0.193 e. The van der Waals surface area contributed by atoms with E-state index in [1.54, 1.807) is 5.16 Å². The van der Waals surface area contributed by atoms with Gasteiger partial charge in [0.05, 0.1) is 0 Å². The first-order valence-corrected chi connectivity index (χ1v) is 12.7. The normalized spacial score (nSPS) is 11.9. The van der Waals surface area contributed by atoms with E-state index in [0.29, 0.717) is 0 Å². The summed E-state index contributed by atoms with van der Waals surface area (Å²) >= 11 is 0. The van der Waals surface area contributed by atoms with Crippen LogP contribution in [0.5, 0.6) is 0 Å². The van der Waals surface area contributed by atoms with Crippen LogP contribution in [0, 0.1) is 5.16 Å². The van der Waals surface area contributed by atoms with Crippen LogP contribution < -0.4 is 18.9 Å². The fourth-order valence-electron chi connectivity index (χ4n) is 2.60. The van der Waals surface area contributed by atoms with Crippen molar-refractivity contribution in [2.75, 3.05) is 0 Å². The van der Waals surface area contributed by atoms with Gasteiger partial charge in [-0.3, -0.25) is 0 Å². The number of hydrogen-bond donors (Lipinski definition) is 0. The van der Waals surface area contributed by atoms with Crippen LogP contribution in [0.4, 0.5) is 0 Å².